The van der Waals surface area contributed by atoms with Crippen molar-refractivity contribution in [2.45, 2.75) is 51.5 Å². The van der Waals surface area contributed by atoms with Gasteiger partial charge in [-0.25, -0.2) is 0 Å². The molecule has 4 aliphatic rings. The van der Waals surface area contributed by atoms with Crippen molar-refractivity contribution in [3.8, 4) is 0 Å². The number of fused-ring (bicyclic) bond motifs is 1. The number of rotatable bonds is 4. The maximum absolute atomic E-state index is 2.60. The minimum absolute atomic E-state index is 0.702. The van der Waals surface area contributed by atoms with E-state index in [0.29, 0.717) is 5.41 Å². The molecule has 108 valence electrons. The predicted molar refractivity (Wildman–Crippen MR) is 82.2 cm³/mol. The van der Waals surface area contributed by atoms with Crippen molar-refractivity contribution in [1.29, 1.82) is 0 Å². The maximum Gasteiger partial charge on any atom is 0.101 e. The van der Waals surface area contributed by atoms with Crippen LogP contribution < -0.4 is 5.32 Å². The van der Waals surface area contributed by atoms with Gasteiger partial charge in [0.1, 0.15) is 6.54 Å². The van der Waals surface area contributed by atoms with E-state index in [1.165, 1.54) is 31.5 Å². The van der Waals surface area contributed by atoms with E-state index in [2.05, 4.69) is 35.6 Å². The topological polar surface area (TPSA) is 16.6 Å². The average molecular weight is 270 g/mol. The summed E-state index contributed by atoms with van der Waals surface area (Å²) in [6.45, 7) is 2.54. The molecular weight excluding hydrogens is 242 g/mol. The van der Waals surface area contributed by atoms with Crippen molar-refractivity contribution in [3.05, 3.63) is 35.9 Å². The molecule has 0 aliphatic heterocycles. The summed E-state index contributed by atoms with van der Waals surface area (Å²) in [5, 5.41) is 2.60. The molecule has 1 aromatic carbocycles. The minimum Gasteiger partial charge on any atom is -0.342 e. The Labute approximate surface area is 123 Å². The van der Waals surface area contributed by atoms with E-state index in [9.17, 15) is 0 Å². The fourth-order valence-electron chi connectivity index (χ4n) is 5.72. The second kappa shape index (κ2) is 5.18. The molecule has 0 aromatic heterocycles. The van der Waals surface area contributed by atoms with E-state index in [0.717, 1.165) is 17.8 Å². The van der Waals surface area contributed by atoms with Crippen LogP contribution in [0, 0.1) is 23.2 Å². The summed E-state index contributed by atoms with van der Waals surface area (Å²) in [6, 6.07) is 11.0. The highest BCUT2D eigenvalue weighted by Crippen LogP contribution is 2.56. The maximum atomic E-state index is 2.60. The molecule has 4 fully saturated rings. The second-order valence-corrected chi connectivity index (χ2v) is 7.93. The van der Waals surface area contributed by atoms with Gasteiger partial charge in [-0.1, -0.05) is 30.3 Å². The molecule has 4 saturated carbocycles. The fraction of sp³-hybridized carbons (Fsp3) is 0.684. The molecule has 0 spiro atoms. The minimum atomic E-state index is 0.702. The van der Waals surface area contributed by atoms with Crippen molar-refractivity contribution in [1.82, 2.24) is 0 Å². The highest BCUT2D eigenvalue weighted by atomic mass is 14.9. The first kappa shape index (κ1) is 12.9. The molecule has 2 N–H and O–H groups in total. The smallest absolute Gasteiger partial charge is 0.101 e. The zero-order valence-electron chi connectivity index (χ0n) is 12.6. The number of hydrogen-bond donors (Lipinski definition) is 1. The van der Waals surface area contributed by atoms with Gasteiger partial charge < -0.3 is 5.32 Å². The molecule has 0 saturated heterocycles. The van der Waals surface area contributed by atoms with Gasteiger partial charge in [0.25, 0.3) is 0 Å². The molecule has 2 unspecified atom stereocenters. The van der Waals surface area contributed by atoms with Crippen LogP contribution in [0.3, 0.4) is 0 Å². The van der Waals surface area contributed by atoms with E-state index in [1.807, 2.05) is 0 Å². The third-order valence-corrected chi connectivity index (χ3v) is 6.33. The predicted octanol–water partition coefficient (Wildman–Crippen LogP) is 3.36. The van der Waals surface area contributed by atoms with Crippen molar-refractivity contribution in [2.75, 3.05) is 6.54 Å². The molecule has 4 bridgehead atoms. The average Bonchev–Trinajstić information content (AvgIpc) is 2.65. The Kier molecular flexibility index (Phi) is 3.34. The van der Waals surface area contributed by atoms with Gasteiger partial charge in [0.2, 0.25) is 0 Å². The summed E-state index contributed by atoms with van der Waals surface area (Å²) in [4.78, 5) is 0. The third-order valence-electron chi connectivity index (χ3n) is 6.33. The van der Waals surface area contributed by atoms with Crippen molar-refractivity contribution in [3.63, 3.8) is 0 Å². The quantitative estimate of drug-likeness (QED) is 0.864. The van der Waals surface area contributed by atoms with Crippen LogP contribution in [0.1, 0.15) is 50.5 Å². The van der Waals surface area contributed by atoms with Crippen molar-refractivity contribution in [2.24, 2.45) is 23.2 Å². The largest absolute Gasteiger partial charge is 0.342 e. The van der Waals surface area contributed by atoms with Gasteiger partial charge in [0.05, 0.1) is 6.54 Å². The summed E-state index contributed by atoms with van der Waals surface area (Å²) in [6.07, 6.45) is 10.9. The lowest BCUT2D eigenvalue weighted by Gasteiger charge is -2.44. The summed E-state index contributed by atoms with van der Waals surface area (Å²) >= 11 is 0. The Morgan fingerprint density at radius 3 is 2.40 bits per heavy atom. The molecular formula is C19H28N+. The van der Waals surface area contributed by atoms with Crippen LogP contribution in [0.2, 0.25) is 0 Å². The van der Waals surface area contributed by atoms with Crippen LogP contribution in [0.15, 0.2) is 30.3 Å². The SMILES string of the molecule is c1ccc(C[NH2+]CC23CCC4CC(CC(C4)C2)C3)cc1. The van der Waals surface area contributed by atoms with Crippen molar-refractivity contribution < 1.29 is 5.32 Å². The van der Waals surface area contributed by atoms with E-state index in [4.69, 9.17) is 0 Å². The van der Waals surface area contributed by atoms with E-state index in [-0.39, 0.29) is 0 Å². The zero-order valence-corrected chi connectivity index (χ0v) is 12.6. The number of nitrogens with two attached hydrogens (primary N) is 1. The van der Waals surface area contributed by atoms with Gasteiger partial charge in [0, 0.05) is 11.0 Å². The Hall–Kier alpha value is -0.820. The van der Waals surface area contributed by atoms with Crippen LogP contribution in [0.5, 0.6) is 0 Å². The molecule has 0 radical (unpaired) electrons. The van der Waals surface area contributed by atoms with Crippen LogP contribution in [0.4, 0.5) is 0 Å². The summed E-state index contributed by atoms with van der Waals surface area (Å²) < 4.78 is 0. The summed E-state index contributed by atoms with van der Waals surface area (Å²) in [5.41, 5.74) is 2.18. The molecule has 0 amide bonds. The Balaban J connectivity index is 1.40. The molecule has 0 heterocycles. The summed E-state index contributed by atoms with van der Waals surface area (Å²) in [7, 11) is 0. The molecule has 2 atom stereocenters. The Morgan fingerprint density at radius 2 is 1.65 bits per heavy atom. The van der Waals surface area contributed by atoms with Crippen LogP contribution in [-0.2, 0) is 6.54 Å². The highest BCUT2D eigenvalue weighted by Gasteiger charge is 2.48. The lowest BCUT2D eigenvalue weighted by molar-refractivity contribution is -0.683. The number of benzene rings is 1. The first-order valence-corrected chi connectivity index (χ1v) is 8.67. The van der Waals surface area contributed by atoms with E-state index in [1.54, 1.807) is 32.1 Å². The zero-order chi connectivity index (χ0) is 13.4. The Bertz CT molecular complexity index is 438. The molecule has 1 nitrogen and oxygen atoms in total. The second-order valence-electron chi connectivity index (χ2n) is 7.93. The van der Waals surface area contributed by atoms with Gasteiger partial charge in [-0.2, -0.15) is 0 Å². The van der Waals surface area contributed by atoms with Gasteiger partial charge >= 0.3 is 0 Å². The third kappa shape index (κ3) is 2.53. The number of quaternary nitrogens is 1. The standard InChI is InChI=1S/C19H27N/c1-2-4-15(5-3-1)13-20-14-19-7-6-16-8-17(11-19)10-18(9-16)12-19/h1-5,16-18,20H,6-14H2/p+1. The highest BCUT2D eigenvalue weighted by molar-refractivity contribution is 5.13. The fourth-order valence-corrected chi connectivity index (χ4v) is 5.72. The van der Waals surface area contributed by atoms with Crippen LogP contribution >= 0.6 is 0 Å². The van der Waals surface area contributed by atoms with Gasteiger partial charge in [-0.3, -0.25) is 0 Å². The lowest BCUT2D eigenvalue weighted by Crippen LogP contribution is -2.85. The van der Waals surface area contributed by atoms with E-state index < -0.39 is 0 Å². The van der Waals surface area contributed by atoms with Crippen molar-refractivity contribution >= 4 is 0 Å². The van der Waals surface area contributed by atoms with Gasteiger partial charge in [0.15, 0.2) is 0 Å². The monoisotopic (exact) mass is 270 g/mol. The molecule has 1 aromatic rings. The molecule has 4 aliphatic carbocycles. The molecule has 1 heteroatoms. The molecule has 5 rings (SSSR count). The Morgan fingerprint density at radius 1 is 0.950 bits per heavy atom. The lowest BCUT2D eigenvalue weighted by atomic mass is 9.61. The van der Waals surface area contributed by atoms with Gasteiger partial charge in [-0.05, 0) is 62.7 Å². The number of hydrogen-bond acceptors (Lipinski definition) is 0. The first-order chi connectivity index (χ1) is 9.81. The van der Waals surface area contributed by atoms with Crippen LogP contribution in [-0.4, -0.2) is 6.54 Å². The van der Waals surface area contributed by atoms with Gasteiger partial charge in [-0.15, -0.1) is 0 Å². The first-order valence-electron chi connectivity index (χ1n) is 8.67. The molecule has 20 heavy (non-hydrogen) atoms. The summed E-state index contributed by atoms with van der Waals surface area (Å²) in [5.74, 6) is 3.26. The van der Waals surface area contributed by atoms with E-state index >= 15 is 0 Å². The van der Waals surface area contributed by atoms with Crippen LogP contribution in [0.25, 0.3) is 0 Å². The normalized spacial score (nSPS) is 38.9.